The fourth-order valence-corrected chi connectivity index (χ4v) is 3.48. The molecule has 6 heteroatoms. The van der Waals surface area contributed by atoms with Gasteiger partial charge in [-0.3, -0.25) is 9.59 Å². The Morgan fingerprint density at radius 1 is 1.18 bits per heavy atom. The van der Waals surface area contributed by atoms with Crippen LogP contribution in [0.4, 0.5) is 5.69 Å². The van der Waals surface area contributed by atoms with E-state index in [-0.39, 0.29) is 17.7 Å². The van der Waals surface area contributed by atoms with Gasteiger partial charge in [-0.25, -0.2) is 0 Å². The van der Waals surface area contributed by atoms with Gasteiger partial charge in [-0.1, -0.05) is 29.8 Å². The molecule has 0 bridgehead atoms. The lowest BCUT2D eigenvalue weighted by Crippen LogP contribution is -2.27. The Kier molecular flexibility index (Phi) is 6.70. The predicted molar refractivity (Wildman–Crippen MR) is 113 cm³/mol. The highest BCUT2D eigenvalue weighted by Gasteiger charge is 2.26. The van der Waals surface area contributed by atoms with E-state index in [2.05, 4.69) is 15.5 Å². The average molecular weight is 400 g/mol. The molecule has 2 aromatic carbocycles. The quantitative estimate of drug-likeness (QED) is 0.781. The number of carbonyl (C=O) groups is 2. The highest BCUT2D eigenvalue weighted by atomic mass is 35.5. The van der Waals surface area contributed by atoms with Crippen molar-refractivity contribution in [3.05, 3.63) is 64.2 Å². The summed E-state index contributed by atoms with van der Waals surface area (Å²) in [6, 6.07) is 13.0. The normalized spacial score (nSPS) is 16.8. The monoisotopic (exact) mass is 399 g/mol. The number of amides is 2. The first kappa shape index (κ1) is 20.4. The standard InChI is InChI=1S/C22H26ClN3O2/c1-15-3-6-17(13-20(15)25-22(28)18-10-12-26(2)14-18)21(27)24-11-9-16-4-7-19(23)8-5-16/h3-8,13,18H,9-12,14H2,1-2H3,(H,24,27)(H,25,28). The molecule has 2 aromatic rings. The summed E-state index contributed by atoms with van der Waals surface area (Å²) in [7, 11) is 2.02. The molecule has 1 heterocycles. The van der Waals surface area contributed by atoms with Crippen LogP contribution in [-0.4, -0.2) is 43.4 Å². The molecule has 5 nitrogen and oxygen atoms in total. The van der Waals surface area contributed by atoms with Crippen LogP contribution in [0, 0.1) is 12.8 Å². The SMILES string of the molecule is Cc1ccc(C(=O)NCCc2ccc(Cl)cc2)cc1NC(=O)C1CCN(C)C1. The zero-order valence-corrected chi connectivity index (χ0v) is 17.1. The largest absolute Gasteiger partial charge is 0.352 e. The summed E-state index contributed by atoms with van der Waals surface area (Å²) in [5.74, 6) is -0.126. The van der Waals surface area contributed by atoms with Gasteiger partial charge in [0.2, 0.25) is 5.91 Å². The number of hydrogen-bond acceptors (Lipinski definition) is 3. The molecule has 0 spiro atoms. The predicted octanol–water partition coefficient (Wildman–Crippen LogP) is 3.51. The second-order valence-electron chi connectivity index (χ2n) is 7.40. The Balaban J connectivity index is 1.57. The number of benzene rings is 2. The number of nitrogens with one attached hydrogen (secondary N) is 2. The number of hydrogen-bond donors (Lipinski definition) is 2. The molecule has 2 amide bonds. The molecule has 2 N–H and O–H groups in total. The molecule has 3 rings (SSSR count). The maximum absolute atomic E-state index is 12.5. The number of aryl methyl sites for hydroxylation is 1. The molecule has 1 fully saturated rings. The maximum atomic E-state index is 12.5. The van der Waals surface area contributed by atoms with Gasteiger partial charge in [-0.05, 0) is 68.8 Å². The van der Waals surface area contributed by atoms with Crippen LogP contribution in [0.15, 0.2) is 42.5 Å². The smallest absolute Gasteiger partial charge is 0.251 e. The summed E-state index contributed by atoms with van der Waals surface area (Å²) < 4.78 is 0. The number of anilines is 1. The Morgan fingerprint density at radius 3 is 2.61 bits per heavy atom. The van der Waals surface area contributed by atoms with Crippen LogP contribution >= 0.6 is 11.6 Å². The van der Waals surface area contributed by atoms with Gasteiger partial charge in [0.05, 0.1) is 5.92 Å². The van der Waals surface area contributed by atoms with E-state index in [0.29, 0.717) is 22.8 Å². The Bertz CT molecular complexity index is 851. The Labute approximate surface area is 171 Å². The van der Waals surface area contributed by atoms with Crippen molar-refractivity contribution in [3.8, 4) is 0 Å². The van der Waals surface area contributed by atoms with E-state index in [4.69, 9.17) is 11.6 Å². The fourth-order valence-electron chi connectivity index (χ4n) is 3.36. The van der Waals surface area contributed by atoms with E-state index in [0.717, 1.165) is 37.1 Å². The number of nitrogens with zero attached hydrogens (tertiary/aromatic N) is 1. The van der Waals surface area contributed by atoms with E-state index >= 15 is 0 Å². The van der Waals surface area contributed by atoms with Crippen LogP contribution in [0.2, 0.25) is 5.02 Å². The molecular formula is C22H26ClN3O2. The van der Waals surface area contributed by atoms with E-state index < -0.39 is 0 Å². The molecule has 0 aliphatic carbocycles. The number of rotatable bonds is 6. The topological polar surface area (TPSA) is 61.4 Å². The first-order valence-electron chi connectivity index (χ1n) is 9.55. The van der Waals surface area contributed by atoms with Crippen molar-refractivity contribution >= 4 is 29.1 Å². The fraction of sp³-hybridized carbons (Fsp3) is 0.364. The van der Waals surface area contributed by atoms with Crippen molar-refractivity contribution in [2.75, 3.05) is 32.0 Å². The van der Waals surface area contributed by atoms with E-state index in [1.165, 1.54) is 0 Å². The van der Waals surface area contributed by atoms with Gasteiger partial charge in [-0.15, -0.1) is 0 Å². The molecule has 1 unspecified atom stereocenters. The second-order valence-corrected chi connectivity index (χ2v) is 7.84. The molecule has 0 saturated carbocycles. The summed E-state index contributed by atoms with van der Waals surface area (Å²) in [5, 5.41) is 6.63. The Morgan fingerprint density at radius 2 is 1.93 bits per heavy atom. The lowest BCUT2D eigenvalue weighted by molar-refractivity contribution is -0.119. The minimum Gasteiger partial charge on any atom is -0.352 e. The van der Waals surface area contributed by atoms with Crippen molar-refractivity contribution < 1.29 is 9.59 Å². The third-order valence-corrected chi connectivity index (χ3v) is 5.38. The van der Waals surface area contributed by atoms with Crippen molar-refractivity contribution in [1.82, 2.24) is 10.2 Å². The third kappa shape index (κ3) is 5.33. The van der Waals surface area contributed by atoms with Gasteiger partial charge >= 0.3 is 0 Å². The average Bonchev–Trinajstić information content (AvgIpc) is 3.11. The number of halogens is 1. The summed E-state index contributed by atoms with van der Waals surface area (Å²) in [6.45, 7) is 4.17. The van der Waals surface area contributed by atoms with Crippen LogP contribution in [0.25, 0.3) is 0 Å². The van der Waals surface area contributed by atoms with Gasteiger partial charge < -0.3 is 15.5 Å². The highest BCUT2D eigenvalue weighted by molar-refractivity contribution is 6.30. The molecule has 28 heavy (non-hydrogen) atoms. The zero-order valence-electron chi connectivity index (χ0n) is 16.3. The van der Waals surface area contributed by atoms with Crippen LogP contribution in [0.1, 0.15) is 27.9 Å². The summed E-state index contributed by atoms with van der Waals surface area (Å²) in [4.78, 5) is 27.1. The highest BCUT2D eigenvalue weighted by Crippen LogP contribution is 2.21. The second kappa shape index (κ2) is 9.22. The van der Waals surface area contributed by atoms with Crippen LogP contribution < -0.4 is 10.6 Å². The zero-order chi connectivity index (χ0) is 20.1. The van der Waals surface area contributed by atoms with Crippen molar-refractivity contribution in [3.63, 3.8) is 0 Å². The summed E-state index contributed by atoms with van der Waals surface area (Å²) in [6.07, 6.45) is 1.60. The third-order valence-electron chi connectivity index (χ3n) is 5.13. The van der Waals surface area contributed by atoms with Gasteiger partial charge in [0, 0.05) is 29.4 Å². The molecule has 0 radical (unpaired) electrons. The number of likely N-dealkylation sites (tertiary alicyclic amines) is 1. The van der Waals surface area contributed by atoms with E-state index in [1.54, 1.807) is 12.1 Å². The van der Waals surface area contributed by atoms with Crippen LogP contribution in [-0.2, 0) is 11.2 Å². The molecule has 1 aliphatic rings. The van der Waals surface area contributed by atoms with Gasteiger partial charge in [0.15, 0.2) is 0 Å². The van der Waals surface area contributed by atoms with Crippen molar-refractivity contribution in [2.45, 2.75) is 19.8 Å². The first-order chi connectivity index (χ1) is 13.4. The summed E-state index contributed by atoms with van der Waals surface area (Å²) >= 11 is 5.89. The van der Waals surface area contributed by atoms with Crippen LogP contribution in [0.3, 0.4) is 0 Å². The molecule has 0 aromatic heterocycles. The van der Waals surface area contributed by atoms with Gasteiger partial charge in [0.1, 0.15) is 0 Å². The molecule has 1 atom stereocenters. The Hall–Kier alpha value is -2.37. The lowest BCUT2D eigenvalue weighted by atomic mass is 10.1. The number of carbonyl (C=O) groups excluding carboxylic acids is 2. The van der Waals surface area contributed by atoms with Crippen molar-refractivity contribution in [1.29, 1.82) is 0 Å². The van der Waals surface area contributed by atoms with E-state index in [1.807, 2.05) is 44.3 Å². The van der Waals surface area contributed by atoms with Crippen molar-refractivity contribution in [2.24, 2.45) is 5.92 Å². The maximum Gasteiger partial charge on any atom is 0.251 e. The van der Waals surface area contributed by atoms with Gasteiger partial charge in [0.25, 0.3) is 5.91 Å². The molecule has 1 aliphatic heterocycles. The molecular weight excluding hydrogens is 374 g/mol. The lowest BCUT2D eigenvalue weighted by Gasteiger charge is -2.14. The minimum atomic E-state index is -0.148. The van der Waals surface area contributed by atoms with Crippen LogP contribution in [0.5, 0.6) is 0 Å². The molecule has 1 saturated heterocycles. The minimum absolute atomic E-state index is 0.00117. The first-order valence-corrected chi connectivity index (χ1v) is 9.93. The van der Waals surface area contributed by atoms with Gasteiger partial charge in [-0.2, -0.15) is 0 Å². The summed E-state index contributed by atoms with van der Waals surface area (Å²) in [5.41, 5.74) is 3.30. The molecule has 148 valence electrons. The van der Waals surface area contributed by atoms with E-state index in [9.17, 15) is 9.59 Å².